The van der Waals surface area contributed by atoms with Gasteiger partial charge in [-0.25, -0.2) is 0 Å². The van der Waals surface area contributed by atoms with Gasteiger partial charge in [0.1, 0.15) is 0 Å². The molecule has 2 N–H and O–H groups in total. The lowest BCUT2D eigenvalue weighted by molar-refractivity contribution is 0.0586. The number of fused-ring (bicyclic) bond motifs is 1. The first kappa shape index (κ1) is 16.4. The second-order valence-electron chi connectivity index (χ2n) is 6.91. The van der Waals surface area contributed by atoms with Gasteiger partial charge in [-0.3, -0.25) is 9.78 Å². The highest BCUT2D eigenvalue weighted by molar-refractivity contribution is 5.98. The van der Waals surface area contributed by atoms with Crippen LogP contribution in [0.3, 0.4) is 0 Å². The number of aliphatic hydroxyl groups is 1. The summed E-state index contributed by atoms with van der Waals surface area (Å²) in [5.74, 6) is -0.197. The van der Waals surface area contributed by atoms with Gasteiger partial charge in [0, 0.05) is 11.9 Å². The molecule has 0 aliphatic heterocycles. The van der Waals surface area contributed by atoms with E-state index in [2.05, 4.69) is 10.3 Å². The van der Waals surface area contributed by atoms with Gasteiger partial charge in [-0.15, -0.1) is 0 Å². The minimum Gasteiger partial charge on any atom is -0.391 e. The fourth-order valence-electron chi connectivity index (χ4n) is 2.21. The van der Waals surface area contributed by atoms with Gasteiger partial charge in [-0.05, 0) is 37.5 Å². The number of carbonyl (C=O) groups excluding carboxylic acids is 1. The minimum atomic E-state index is -0.590. The van der Waals surface area contributed by atoms with Gasteiger partial charge >= 0.3 is 0 Å². The van der Waals surface area contributed by atoms with Crippen LogP contribution in [-0.4, -0.2) is 28.6 Å². The minimum absolute atomic E-state index is 0.197. The molecule has 0 aliphatic rings. The van der Waals surface area contributed by atoms with Crippen molar-refractivity contribution in [3.63, 3.8) is 0 Å². The summed E-state index contributed by atoms with van der Waals surface area (Å²) in [6, 6.07) is 7.85. The largest absolute Gasteiger partial charge is 0.391 e. The van der Waals surface area contributed by atoms with Crippen molar-refractivity contribution in [1.29, 1.82) is 0 Å². The average Bonchev–Trinajstić information content (AvgIpc) is 2.43. The van der Waals surface area contributed by atoms with Gasteiger partial charge in [0.2, 0.25) is 0 Å². The molecule has 22 heavy (non-hydrogen) atoms. The molecule has 118 valence electrons. The molecule has 4 heteroatoms. The van der Waals surface area contributed by atoms with Crippen LogP contribution in [0.15, 0.2) is 24.3 Å². The molecule has 1 unspecified atom stereocenters. The predicted molar refractivity (Wildman–Crippen MR) is 89.0 cm³/mol. The van der Waals surface area contributed by atoms with Gasteiger partial charge in [-0.1, -0.05) is 32.4 Å². The number of hydrogen-bond donors (Lipinski definition) is 2. The van der Waals surface area contributed by atoms with Gasteiger partial charge < -0.3 is 10.4 Å². The molecule has 0 radical (unpaired) electrons. The summed E-state index contributed by atoms with van der Waals surface area (Å²) < 4.78 is 0. The molecule has 0 aliphatic carbocycles. The Morgan fingerprint density at radius 3 is 2.59 bits per heavy atom. The van der Waals surface area contributed by atoms with Crippen LogP contribution in [0.1, 0.15) is 42.4 Å². The third kappa shape index (κ3) is 3.63. The Kier molecular flexibility index (Phi) is 4.52. The zero-order valence-corrected chi connectivity index (χ0v) is 13.9. The Bertz CT molecular complexity index is 702. The highest BCUT2D eigenvalue weighted by Gasteiger charge is 2.23. The first-order valence-electron chi connectivity index (χ1n) is 7.53. The number of amides is 1. The zero-order chi connectivity index (χ0) is 16.5. The molecule has 1 aromatic carbocycles. The molecular formula is C18H24N2O2. The van der Waals surface area contributed by atoms with Crippen molar-refractivity contribution in [2.75, 3.05) is 6.54 Å². The number of aromatic nitrogens is 1. The van der Waals surface area contributed by atoms with Crippen LogP contribution < -0.4 is 5.32 Å². The maximum Gasteiger partial charge on any atom is 0.253 e. The number of rotatable bonds is 3. The Labute approximate surface area is 131 Å². The highest BCUT2D eigenvalue weighted by atomic mass is 16.3. The van der Waals surface area contributed by atoms with Crippen molar-refractivity contribution < 1.29 is 9.90 Å². The summed E-state index contributed by atoms with van der Waals surface area (Å²) in [4.78, 5) is 16.9. The molecule has 1 atom stereocenters. The lowest BCUT2D eigenvalue weighted by Gasteiger charge is -2.26. The molecule has 0 saturated carbocycles. The van der Waals surface area contributed by atoms with Gasteiger partial charge in [0.15, 0.2) is 0 Å². The van der Waals surface area contributed by atoms with E-state index in [4.69, 9.17) is 0 Å². The van der Waals surface area contributed by atoms with Gasteiger partial charge in [-0.2, -0.15) is 0 Å². The monoisotopic (exact) mass is 300 g/mol. The van der Waals surface area contributed by atoms with Crippen molar-refractivity contribution in [1.82, 2.24) is 10.3 Å². The van der Waals surface area contributed by atoms with E-state index in [1.807, 2.05) is 58.9 Å². The Hall–Kier alpha value is -1.94. The summed E-state index contributed by atoms with van der Waals surface area (Å²) in [6.07, 6.45) is -0.590. The van der Waals surface area contributed by atoms with Gasteiger partial charge in [0.05, 0.1) is 22.9 Å². The molecule has 2 aromatic rings. The first-order valence-corrected chi connectivity index (χ1v) is 7.53. The fourth-order valence-corrected chi connectivity index (χ4v) is 2.21. The maximum absolute atomic E-state index is 12.4. The molecule has 1 amide bonds. The summed E-state index contributed by atoms with van der Waals surface area (Å²) in [7, 11) is 0. The van der Waals surface area contributed by atoms with E-state index in [9.17, 15) is 9.90 Å². The maximum atomic E-state index is 12.4. The summed E-state index contributed by atoms with van der Waals surface area (Å²) in [6.45, 7) is 9.89. The van der Waals surface area contributed by atoms with E-state index in [1.54, 1.807) is 0 Å². The summed E-state index contributed by atoms with van der Waals surface area (Å²) in [5.41, 5.74) is 3.00. The normalized spacial score (nSPS) is 13.2. The molecular weight excluding hydrogens is 276 g/mol. The van der Waals surface area contributed by atoms with E-state index >= 15 is 0 Å². The molecule has 0 fully saturated rings. The van der Waals surface area contributed by atoms with Crippen LogP contribution in [0.25, 0.3) is 10.9 Å². The summed E-state index contributed by atoms with van der Waals surface area (Å²) in [5, 5.41) is 13.8. The van der Waals surface area contributed by atoms with Gasteiger partial charge in [0.25, 0.3) is 5.91 Å². The van der Waals surface area contributed by atoms with Crippen molar-refractivity contribution in [2.45, 2.75) is 40.7 Å². The lowest BCUT2D eigenvalue weighted by atomic mass is 9.89. The number of hydrogen-bond acceptors (Lipinski definition) is 3. The van der Waals surface area contributed by atoms with Crippen molar-refractivity contribution in [3.05, 3.63) is 41.1 Å². The Balaban J connectivity index is 2.22. The van der Waals surface area contributed by atoms with Crippen molar-refractivity contribution >= 4 is 16.8 Å². The van der Waals surface area contributed by atoms with Crippen LogP contribution in [0.2, 0.25) is 0 Å². The standard InChI is InChI=1S/C18H24N2O2/c1-11-6-7-15-13(8-11)9-14(12(2)20-15)17(22)19-10-16(21)18(3,4)5/h6-9,16,21H,10H2,1-5H3,(H,19,22). The Morgan fingerprint density at radius 2 is 1.95 bits per heavy atom. The third-order valence-corrected chi connectivity index (χ3v) is 3.86. The van der Waals surface area contributed by atoms with Crippen LogP contribution in [-0.2, 0) is 0 Å². The molecule has 1 aromatic heterocycles. The number of pyridine rings is 1. The van der Waals surface area contributed by atoms with Crippen LogP contribution in [0, 0.1) is 19.3 Å². The second-order valence-corrected chi connectivity index (χ2v) is 6.91. The average molecular weight is 300 g/mol. The number of nitrogens with zero attached hydrogens (tertiary/aromatic N) is 1. The predicted octanol–water partition coefficient (Wildman–Crippen LogP) is 2.99. The molecule has 0 saturated heterocycles. The van der Waals surface area contributed by atoms with Crippen LogP contribution in [0.4, 0.5) is 0 Å². The molecule has 2 rings (SSSR count). The topological polar surface area (TPSA) is 62.2 Å². The number of carbonyl (C=O) groups is 1. The molecule has 1 heterocycles. The number of aliphatic hydroxyl groups excluding tert-OH is 1. The smallest absolute Gasteiger partial charge is 0.253 e. The second kappa shape index (κ2) is 6.05. The molecule has 4 nitrogen and oxygen atoms in total. The molecule has 0 spiro atoms. The number of nitrogens with one attached hydrogen (secondary N) is 1. The molecule has 0 bridgehead atoms. The third-order valence-electron chi connectivity index (χ3n) is 3.86. The fraction of sp³-hybridized carbons (Fsp3) is 0.444. The quantitative estimate of drug-likeness (QED) is 0.916. The SMILES string of the molecule is Cc1ccc2nc(C)c(C(=O)NCC(O)C(C)(C)C)cc2c1. The number of aryl methyl sites for hydroxylation is 2. The van der Waals surface area contributed by atoms with E-state index in [0.29, 0.717) is 11.3 Å². The van der Waals surface area contributed by atoms with E-state index in [0.717, 1.165) is 16.5 Å². The lowest BCUT2D eigenvalue weighted by Crippen LogP contribution is -2.39. The highest BCUT2D eigenvalue weighted by Crippen LogP contribution is 2.20. The van der Waals surface area contributed by atoms with E-state index in [1.165, 1.54) is 0 Å². The van der Waals surface area contributed by atoms with Crippen LogP contribution in [0.5, 0.6) is 0 Å². The van der Waals surface area contributed by atoms with Crippen LogP contribution >= 0.6 is 0 Å². The Morgan fingerprint density at radius 1 is 1.27 bits per heavy atom. The van der Waals surface area contributed by atoms with Crippen molar-refractivity contribution in [2.24, 2.45) is 5.41 Å². The van der Waals surface area contributed by atoms with E-state index in [-0.39, 0.29) is 17.9 Å². The van der Waals surface area contributed by atoms with E-state index < -0.39 is 6.10 Å². The van der Waals surface area contributed by atoms with Crippen molar-refractivity contribution in [3.8, 4) is 0 Å². The number of benzene rings is 1. The first-order chi connectivity index (χ1) is 10.2. The summed E-state index contributed by atoms with van der Waals surface area (Å²) >= 11 is 0. The zero-order valence-electron chi connectivity index (χ0n) is 13.9.